The summed E-state index contributed by atoms with van der Waals surface area (Å²) in [5.74, 6) is 1.69. The standard InChI is InChI=1S/C18H29BrO2/c1-5-10-18(13-19,11-6-2)14-21-16-9-8-15(7-3)12-17(16)20-4/h8-9,12H,5-7,10-11,13-14H2,1-4H3. The Morgan fingerprint density at radius 1 is 1.05 bits per heavy atom. The molecule has 0 amide bonds. The molecule has 0 aliphatic heterocycles. The minimum atomic E-state index is 0.220. The van der Waals surface area contributed by atoms with E-state index in [2.05, 4.69) is 48.8 Å². The number of benzene rings is 1. The van der Waals surface area contributed by atoms with Crippen molar-refractivity contribution in [2.75, 3.05) is 19.0 Å². The van der Waals surface area contributed by atoms with Gasteiger partial charge in [0.2, 0.25) is 0 Å². The average molecular weight is 357 g/mol. The van der Waals surface area contributed by atoms with E-state index in [9.17, 15) is 0 Å². The summed E-state index contributed by atoms with van der Waals surface area (Å²) in [6.07, 6.45) is 5.73. The van der Waals surface area contributed by atoms with Crippen molar-refractivity contribution in [3.63, 3.8) is 0 Å². The molecule has 0 radical (unpaired) electrons. The molecule has 0 spiro atoms. The van der Waals surface area contributed by atoms with Crippen LogP contribution >= 0.6 is 15.9 Å². The lowest BCUT2D eigenvalue weighted by atomic mass is 9.82. The molecule has 1 aromatic carbocycles. The van der Waals surface area contributed by atoms with Crippen molar-refractivity contribution in [1.29, 1.82) is 0 Å². The fourth-order valence-corrected chi connectivity index (χ4v) is 3.51. The first kappa shape index (κ1) is 18.3. The molecule has 1 aromatic rings. The molecule has 2 nitrogen and oxygen atoms in total. The Labute approximate surface area is 138 Å². The van der Waals surface area contributed by atoms with Crippen molar-refractivity contribution >= 4 is 15.9 Å². The Bertz CT molecular complexity index is 412. The first-order valence-corrected chi connectivity index (χ1v) is 9.12. The van der Waals surface area contributed by atoms with Crippen LogP contribution in [0.1, 0.15) is 52.0 Å². The molecule has 0 aliphatic carbocycles. The third-order valence-electron chi connectivity index (χ3n) is 4.01. The zero-order valence-corrected chi connectivity index (χ0v) is 15.5. The number of halogens is 1. The van der Waals surface area contributed by atoms with Gasteiger partial charge >= 0.3 is 0 Å². The van der Waals surface area contributed by atoms with Crippen LogP contribution in [0.25, 0.3) is 0 Å². The first-order valence-electron chi connectivity index (χ1n) is 8.00. The Morgan fingerprint density at radius 2 is 1.71 bits per heavy atom. The number of hydrogen-bond acceptors (Lipinski definition) is 2. The van der Waals surface area contributed by atoms with E-state index in [0.29, 0.717) is 0 Å². The Kier molecular flexibility index (Phi) is 8.16. The molecule has 0 aromatic heterocycles. The highest BCUT2D eigenvalue weighted by molar-refractivity contribution is 9.09. The highest BCUT2D eigenvalue weighted by Gasteiger charge is 2.28. The monoisotopic (exact) mass is 356 g/mol. The Balaban J connectivity index is 2.84. The largest absolute Gasteiger partial charge is 0.493 e. The van der Waals surface area contributed by atoms with Gasteiger partial charge in [-0.3, -0.25) is 0 Å². The van der Waals surface area contributed by atoms with Crippen molar-refractivity contribution in [2.45, 2.75) is 52.9 Å². The quantitative estimate of drug-likeness (QED) is 0.506. The lowest BCUT2D eigenvalue weighted by molar-refractivity contribution is 0.141. The van der Waals surface area contributed by atoms with Crippen molar-refractivity contribution in [1.82, 2.24) is 0 Å². The fraction of sp³-hybridized carbons (Fsp3) is 0.667. The molecule has 0 saturated heterocycles. The van der Waals surface area contributed by atoms with E-state index in [1.807, 2.05) is 6.07 Å². The van der Waals surface area contributed by atoms with Crippen molar-refractivity contribution in [3.8, 4) is 11.5 Å². The molecule has 0 bridgehead atoms. The van der Waals surface area contributed by atoms with Crippen LogP contribution in [-0.4, -0.2) is 19.0 Å². The summed E-state index contributed by atoms with van der Waals surface area (Å²) < 4.78 is 11.6. The van der Waals surface area contributed by atoms with E-state index in [0.717, 1.165) is 29.9 Å². The molecule has 3 heteroatoms. The van der Waals surface area contributed by atoms with Crippen molar-refractivity contribution in [2.24, 2.45) is 5.41 Å². The topological polar surface area (TPSA) is 18.5 Å². The van der Waals surface area contributed by atoms with Gasteiger partial charge < -0.3 is 9.47 Å². The molecule has 0 N–H and O–H groups in total. The lowest BCUT2D eigenvalue weighted by Crippen LogP contribution is -2.30. The molecule has 0 fully saturated rings. The number of aryl methyl sites for hydroxylation is 1. The molecule has 0 unspecified atom stereocenters. The molecule has 1 rings (SSSR count). The zero-order valence-electron chi connectivity index (χ0n) is 13.9. The maximum atomic E-state index is 6.13. The summed E-state index contributed by atoms with van der Waals surface area (Å²) in [6, 6.07) is 6.23. The third-order valence-corrected chi connectivity index (χ3v) is 5.20. The lowest BCUT2D eigenvalue weighted by Gasteiger charge is -2.31. The third kappa shape index (κ3) is 5.21. The summed E-state index contributed by atoms with van der Waals surface area (Å²) in [5, 5.41) is 0.983. The smallest absolute Gasteiger partial charge is 0.161 e. The minimum Gasteiger partial charge on any atom is -0.493 e. The predicted molar refractivity (Wildman–Crippen MR) is 93.9 cm³/mol. The fourth-order valence-electron chi connectivity index (χ4n) is 2.78. The number of hydrogen-bond donors (Lipinski definition) is 0. The van der Waals surface area contributed by atoms with Gasteiger partial charge in [-0.05, 0) is 37.0 Å². The van der Waals surface area contributed by atoms with E-state index in [1.165, 1.54) is 31.2 Å². The Morgan fingerprint density at radius 3 is 2.19 bits per heavy atom. The number of rotatable bonds is 10. The number of methoxy groups -OCH3 is 1. The average Bonchev–Trinajstić information content (AvgIpc) is 2.52. The molecule has 0 saturated carbocycles. The van der Waals surface area contributed by atoms with Crippen LogP contribution in [0.3, 0.4) is 0 Å². The van der Waals surface area contributed by atoms with Gasteiger partial charge in [-0.15, -0.1) is 0 Å². The van der Waals surface area contributed by atoms with Crippen LogP contribution in [0.15, 0.2) is 18.2 Å². The predicted octanol–water partition coefficient (Wildman–Crippen LogP) is 5.62. The van der Waals surface area contributed by atoms with Crippen LogP contribution in [0.4, 0.5) is 0 Å². The van der Waals surface area contributed by atoms with Gasteiger partial charge in [0.25, 0.3) is 0 Å². The van der Waals surface area contributed by atoms with Crippen LogP contribution in [-0.2, 0) is 6.42 Å². The maximum absolute atomic E-state index is 6.13. The van der Waals surface area contributed by atoms with Crippen LogP contribution in [0, 0.1) is 5.41 Å². The van der Waals surface area contributed by atoms with Gasteiger partial charge in [-0.25, -0.2) is 0 Å². The minimum absolute atomic E-state index is 0.220. The second-order valence-electron chi connectivity index (χ2n) is 5.76. The van der Waals surface area contributed by atoms with Crippen molar-refractivity contribution < 1.29 is 9.47 Å². The van der Waals surface area contributed by atoms with E-state index in [4.69, 9.17) is 9.47 Å². The molecular weight excluding hydrogens is 328 g/mol. The summed E-state index contributed by atoms with van der Waals surface area (Å²) in [4.78, 5) is 0. The van der Waals surface area contributed by atoms with Crippen LogP contribution in [0.5, 0.6) is 11.5 Å². The molecular formula is C18H29BrO2. The van der Waals surface area contributed by atoms with Gasteiger partial charge in [-0.2, -0.15) is 0 Å². The Hall–Kier alpha value is -0.700. The highest BCUT2D eigenvalue weighted by Crippen LogP contribution is 2.35. The highest BCUT2D eigenvalue weighted by atomic mass is 79.9. The molecule has 0 aliphatic rings. The number of ether oxygens (including phenoxy) is 2. The van der Waals surface area contributed by atoms with Gasteiger partial charge in [0.15, 0.2) is 11.5 Å². The normalized spacial score (nSPS) is 11.5. The molecule has 0 atom stereocenters. The van der Waals surface area contributed by atoms with Crippen LogP contribution in [0.2, 0.25) is 0 Å². The molecule has 120 valence electrons. The summed E-state index contributed by atoms with van der Waals surface area (Å²) in [5.41, 5.74) is 1.49. The van der Waals surface area contributed by atoms with E-state index < -0.39 is 0 Å². The van der Waals surface area contributed by atoms with E-state index in [-0.39, 0.29) is 5.41 Å². The van der Waals surface area contributed by atoms with Gasteiger partial charge in [0.1, 0.15) is 0 Å². The van der Waals surface area contributed by atoms with E-state index in [1.54, 1.807) is 7.11 Å². The van der Waals surface area contributed by atoms with Gasteiger partial charge in [0, 0.05) is 10.7 Å². The number of alkyl halides is 1. The van der Waals surface area contributed by atoms with E-state index >= 15 is 0 Å². The molecule has 21 heavy (non-hydrogen) atoms. The molecule has 0 heterocycles. The maximum Gasteiger partial charge on any atom is 0.161 e. The van der Waals surface area contributed by atoms with Crippen LogP contribution < -0.4 is 9.47 Å². The first-order chi connectivity index (χ1) is 10.1. The zero-order chi connectivity index (χ0) is 15.7. The SMILES string of the molecule is CCCC(CBr)(CCC)COc1ccc(CC)cc1OC. The summed E-state index contributed by atoms with van der Waals surface area (Å²) >= 11 is 3.70. The summed E-state index contributed by atoms with van der Waals surface area (Å²) in [6.45, 7) is 7.36. The van der Waals surface area contributed by atoms with Gasteiger partial charge in [-0.1, -0.05) is 55.6 Å². The van der Waals surface area contributed by atoms with Crippen molar-refractivity contribution in [3.05, 3.63) is 23.8 Å². The second-order valence-corrected chi connectivity index (χ2v) is 6.32. The second kappa shape index (κ2) is 9.34. The van der Waals surface area contributed by atoms with Gasteiger partial charge in [0.05, 0.1) is 13.7 Å². The summed E-state index contributed by atoms with van der Waals surface area (Å²) in [7, 11) is 1.71.